The molecule has 3 heteroatoms. The van der Waals surface area contributed by atoms with Gasteiger partial charge in [0.1, 0.15) is 0 Å². The molecule has 2 aliphatic rings. The van der Waals surface area contributed by atoms with Crippen LogP contribution in [-0.4, -0.2) is 42.1 Å². The van der Waals surface area contributed by atoms with Gasteiger partial charge in [-0.05, 0) is 24.8 Å². The Morgan fingerprint density at radius 1 is 1.40 bits per heavy atom. The van der Waals surface area contributed by atoms with Crippen LogP contribution in [0, 0.1) is 5.41 Å². The van der Waals surface area contributed by atoms with E-state index in [1.165, 1.54) is 51.1 Å². The Labute approximate surface area is 98.0 Å². The van der Waals surface area contributed by atoms with Gasteiger partial charge >= 0.3 is 0 Å². The lowest BCUT2D eigenvalue weighted by Crippen LogP contribution is -2.45. The van der Waals surface area contributed by atoms with Crippen molar-refractivity contribution < 1.29 is 0 Å². The minimum absolute atomic E-state index is 0.474. The molecule has 0 aromatic rings. The molecule has 88 valence electrons. The molecular formula is C12H24N2S. The van der Waals surface area contributed by atoms with E-state index in [1.807, 2.05) is 0 Å². The lowest BCUT2D eigenvalue weighted by atomic mass is 9.85. The second-order valence-corrected chi connectivity index (χ2v) is 6.87. The Balaban J connectivity index is 1.88. The summed E-state index contributed by atoms with van der Waals surface area (Å²) in [5.41, 5.74) is 6.46. The zero-order valence-electron chi connectivity index (χ0n) is 9.87. The molecule has 1 aliphatic heterocycles. The van der Waals surface area contributed by atoms with Gasteiger partial charge in [-0.15, -0.1) is 0 Å². The lowest BCUT2D eigenvalue weighted by molar-refractivity contribution is 0.163. The molecule has 0 spiro atoms. The third-order valence-corrected chi connectivity index (χ3v) is 5.12. The maximum atomic E-state index is 5.99. The van der Waals surface area contributed by atoms with Crippen molar-refractivity contribution in [3.8, 4) is 0 Å². The van der Waals surface area contributed by atoms with Gasteiger partial charge in [0.15, 0.2) is 0 Å². The van der Waals surface area contributed by atoms with Crippen molar-refractivity contribution in [1.29, 1.82) is 0 Å². The molecule has 0 bridgehead atoms. The van der Waals surface area contributed by atoms with Crippen LogP contribution in [0.3, 0.4) is 0 Å². The van der Waals surface area contributed by atoms with Gasteiger partial charge in [-0.2, -0.15) is 11.8 Å². The fourth-order valence-corrected chi connectivity index (χ4v) is 4.14. The molecule has 1 saturated heterocycles. The van der Waals surface area contributed by atoms with Gasteiger partial charge in [0.05, 0.1) is 0 Å². The van der Waals surface area contributed by atoms with Gasteiger partial charge in [0.25, 0.3) is 0 Å². The van der Waals surface area contributed by atoms with Crippen LogP contribution in [0.15, 0.2) is 0 Å². The topological polar surface area (TPSA) is 29.3 Å². The zero-order valence-corrected chi connectivity index (χ0v) is 10.7. The summed E-state index contributed by atoms with van der Waals surface area (Å²) in [6.45, 7) is 7.04. The SMILES string of the molecule is CC1CN(CC2(CN)CCCC2)CCS1. The van der Waals surface area contributed by atoms with Crippen molar-refractivity contribution >= 4 is 11.8 Å². The highest BCUT2D eigenvalue weighted by Gasteiger charge is 2.35. The predicted octanol–water partition coefficient (Wildman–Crippen LogP) is 1.94. The Morgan fingerprint density at radius 2 is 2.13 bits per heavy atom. The quantitative estimate of drug-likeness (QED) is 0.800. The summed E-state index contributed by atoms with van der Waals surface area (Å²) in [6.07, 6.45) is 5.52. The molecule has 1 unspecified atom stereocenters. The van der Waals surface area contributed by atoms with Gasteiger partial charge in [-0.25, -0.2) is 0 Å². The average molecular weight is 228 g/mol. The fraction of sp³-hybridized carbons (Fsp3) is 1.00. The Morgan fingerprint density at radius 3 is 2.73 bits per heavy atom. The van der Waals surface area contributed by atoms with E-state index >= 15 is 0 Å². The summed E-state index contributed by atoms with van der Waals surface area (Å²) in [5.74, 6) is 1.31. The van der Waals surface area contributed by atoms with Crippen molar-refractivity contribution in [1.82, 2.24) is 4.90 Å². The second kappa shape index (κ2) is 5.07. The number of hydrogen-bond acceptors (Lipinski definition) is 3. The molecule has 0 radical (unpaired) electrons. The highest BCUT2D eigenvalue weighted by Crippen LogP contribution is 2.38. The molecular weight excluding hydrogens is 204 g/mol. The first-order valence-corrected chi connectivity index (χ1v) is 7.33. The number of nitrogens with zero attached hydrogens (tertiary/aromatic N) is 1. The largest absolute Gasteiger partial charge is 0.330 e. The van der Waals surface area contributed by atoms with E-state index in [9.17, 15) is 0 Å². The number of rotatable bonds is 3. The van der Waals surface area contributed by atoms with Crippen LogP contribution in [0.1, 0.15) is 32.6 Å². The summed E-state index contributed by atoms with van der Waals surface area (Å²) >= 11 is 2.11. The standard InChI is InChI=1S/C12H24N2S/c1-11-8-14(6-7-15-11)10-12(9-13)4-2-3-5-12/h11H,2-10,13H2,1H3. The van der Waals surface area contributed by atoms with Crippen molar-refractivity contribution in [2.24, 2.45) is 11.1 Å². The molecule has 0 amide bonds. The van der Waals surface area contributed by atoms with E-state index in [0.29, 0.717) is 5.41 Å². The molecule has 1 atom stereocenters. The number of nitrogens with two attached hydrogens (primary N) is 1. The Kier molecular flexibility index (Phi) is 3.97. The van der Waals surface area contributed by atoms with Crippen LogP contribution in [-0.2, 0) is 0 Å². The fourth-order valence-electron chi connectivity index (χ4n) is 3.06. The van der Waals surface area contributed by atoms with Crippen molar-refractivity contribution in [3.63, 3.8) is 0 Å². The van der Waals surface area contributed by atoms with E-state index in [1.54, 1.807) is 0 Å². The lowest BCUT2D eigenvalue weighted by Gasteiger charge is -2.38. The van der Waals surface area contributed by atoms with Gasteiger partial charge in [0, 0.05) is 30.6 Å². The highest BCUT2D eigenvalue weighted by molar-refractivity contribution is 7.99. The summed E-state index contributed by atoms with van der Waals surface area (Å²) < 4.78 is 0. The maximum absolute atomic E-state index is 5.99. The molecule has 2 N–H and O–H groups in total. The van der Waals surface area contributed by atoms with E-state index in [-0.39, 0.29) is 0 Å². The van der Waals surface area contributed by atoms with E-state index in [2.05, 4.69) is 23.6 Å². The van der Waals surface area contributed by atoms with Gasteiger partial charge < -0.3 is 10.6 Å². The second-order valence-electron chi connectivity index (χ2n) is 5.33. The summed E-state index contributed by atoms with van der Waals surface area (Å²) in [7, 11) is 0. The third-order valence-electron chi connectivity index (χ3n) is 3.98. The van der Waals surface area contributed by atoms with Crippen molar-refractivity contribution in [2.45, 2.75) is 37.9 Å². The van der Waals surface area contributed by atoms with Crippen molar-refractivity contribution in [2.75, 3.05) is 31.9 Å². The van der Waals surface area contributed by atoms with Crippen LogP contribution in [0.4, 0.5) is 0 Å². The smallest absolute Gasteiger partial charge is 0.0147 e. The monoisotopic (exact) mass is 228 g/mol. The summed E-state index contributed by atoms with van der Waals surface area (Å²) in [6, 6.07) is 0. The van der Waals surface area contributed by atoms with Crippen LogP contribution in [0.5, 0.6) is 0 Å². The minimum atomic E-state index is 0.474. The first-order chi connectivity index (χ1) is 7.24. The van der Waals surface area contributed by atoms with Crippen LogP contribution in [0.2, 0.25) is 0 Å². The summed E-state index contributed by atoms with van der Waals surface area (Å²) in [5, 5.41) is 0.815. The molecule has 15 heavy (non-hydrogen) atoms. The van der Waals surface area contributed by atoms with E-state index in [0.717, 1.165) is 11.8 Å². The molecule has 1 aliphatic carbocycles. The molecule has 1 saturated carbocycles. The first-order valence-electron chi connectivity index (χ1n) is 6.28. The van der Waals surface area contributed by atoms with E-state index in [4.69, 9.17) is 5.73 Å². The molecule has 2 nitrogen and oxygen atoms in total. The van der Waals surface area contributed by atoms with Gasteiger partial charge in [-0.1, -0.05) is 19.8 Å². The van der Waals surface area contributed by atoms with Gasteiger partial charge in [-0.3, -0.25) is 0 Å². The molecule has 0 aromatic carbocycles. The highest BCUT2D eigenvalue weighted by atomic mass is 32.2. The van der Waals surface area contributed by atoms with Crippen LogP contribution < -0.4 is 5.73 Å². The van der Waals surface area contributed by atoms with E-state index < -0.39 is 0 Å². The first kappa shape index (κ1) is 11.7. The average Bonchev–Trinajstić information content (AvgIpc) is 2.67. The van der Waals surface area contributed by atoms with Crippen LogP contribution >= 0.6 is 11.8 Å². The normalized spacial score (nSPS) is 32.0. The van der Waals surface area contributed by atoms with Crippen molar-refractivity contribution in [3.05, 3.63) is 0 Å². The van der Waals surface area contributed by atoms with Gasteiger partial charge in [0.2, 0.25) is 0 Å². The molecule has 2 fully saturated rings. The predicted molar refractivity (Wildman–Crippen MR) is 68.3 cm³/mol. The Bertz CT molecular complexity index is 202. The zero-order chi connectivity index (χ0) is 10.7. The number of hydrogen-bond donors (Lipinski definition) is 1. The maximum Gasteiger partial charge on any atom is 0.0147 e. The van der Waals surface area contributed by atoms with Crippen LogP contribution in [0.25, 0.3) is 0 Å². The summed E-state index contributed by atoms with van der Waals surface area (Å²) in [4.78, 5) is 2.65. The minimum Gasteiger partial charge on any atom is -0.330 e. The molecule has 2 rings (SSSR count). The number of thioether (sulfide) groups is 1. The Hall–Kier alpha value is 0.270. The third kappa shape index (κ3) is 2.89. The molecule has 1 heterocycles. The molecule has 0 aromatic heterocycles.